The summed E-state index contributed by atoms with van der Waals surface area (Å²) < 4.78 is 31.8. The van der Waals surface area contributed by atoms with Crippen LogP contribution in [0.15, 0.2) is 35.2 Å². The van der Waals surface area contributed by atoms with Gasteiger partial charge in [0.15, 0.2) is 15.7 Å². The van der Waals surface area contributed by atoms with Crippen LogP contribution in [0.4, 0.5) is 0 Å². The van der Waals surface area contributed by atoms with Gasteiger partial charge in [-0.2, -0.15) is 0 Å². The summed E-state index contributed by atoms with van der Waals surface area (Å²) in [6, 6.07) is 7.74. The molecule has 0 aliphatic heterocycles. The van der Waals surface area contributed by atoms with E-state index in [-0.39, 0.29) is 10.8 Å². The normalized spacial score (nSPS) is 16.2. The Hall–Kier alpha value is -2.15. The zero-order valence-electron chi connectivity index (χ0n) is 13.5. The third kappa shape index (κ3) is 2.84. The molecular weight excluding hydrogens is 330 g/mol. The average Bonchev–Trinajstić information content (AvgIpc) is 2.91. The second kappa shape index (κ2) is 6.39. The van der Waals surface area contributed by atoms with Crippen molar-refractivity contribution in [2.24, 2.45) is 0 Å². The average molecular weight is 351 g/mol. The van der Waals surface area contributed by atoms with E-state index in [9.17, 15) is 18.6 Å². The SMILES string of the molecule is COc1ccc(-n2c(O)cc(S(=O)(=O)C3CCCCC3)c2O)cc1. The van der Waals surface area contributed by atoms with Gasteiger partial charge in [-0.1, -0.05) is 19.3 Å². The van der Waals surface area contributed by atoms with Crippen molar-refractivity contribution >= 4 is 9.84 Å². The van der Waals surface area contributed by atoms with Gasteiger partial charge < -0.3 is 14.9 Å². The van der Waals surface area contributed by atoms with Gasteiger partial charge in [0.05, 0.1) is 18.0 Å². The van der Waals surface area contributed by atoms with E-state index in [0.29, 0.717) is 24.3 Å². The van der Waals surface area contributed by atoms with Gasteiger partial charge in [-0.05, 0) is 37.1 Å². The standard InChI is InChI=1S/C17H21NO5S/c1-23-13-9-7-12(8-10-13)18-16(19)11-15(17(18)20)24(21,22)14-5-3-2-4-6-14/h7-11,14,19-20H,2-6H2,1H3. The molecule has 0 saturated heterocycles. The maximum absolute atomic E-state index is 12.8. The highest BCUT2D eigenvalue weighted by Gasteiger charge is 2.34. The van der Waals surface area contributed by atoms with Crippen LogP contribution in [0.2, 0.25) is 0 Å². The number of nitrogens with zero attached hydrogens (tertiary/aromatic N) is 1. The fourth-order valence-electron chi connectivity index (χ4n) is 3.22. The Labute approximate surface area is 141 Å². The van der Waals surface area contributed by atoms with Gasteiger partial charge in [0.1, 0.15) is 10.6 Å². The Balaban J connectivity index is 2.02. The minimum atomic E-state index is -3.67. The topological polar surface area (TPSA) is 88.8 Å². The van der Waals surface area contributed by atoms with Gasteiger partial charge >= 0.3 is 0 Å². The molecule has 1 aliphatic carbocycles. The Morgan fingerprint density at radius 2 is 1.71 bits per heavy atom. The van der Waals surface area contributed by atoms with E-state index in [4.69, 9.17) is 4.74 Å². The Morgan fingerprint density at radius 1 is 1.08 bits per heavy atom. The molecule has 0 unspecified atom stereocenters. The molecule has 0 radical (unpaired) electrons. The van der Waals surface area contributed by atoms with Crippen molar-refractivity contribution in [1.82, 2.24) is 4.57 Å². The molecule has 0 atom stereocenters. The van der Waals surface area contributed by atoms with E-state index in [2.05, 4.69) is 0 Å². The number of aromatic nitrogens is 1. The predicted octanol–water partition coefficient (Wildman–Crippen LogP) is 3.00. The van der Waals surface area contributed by atoms with Crippen molar-refractivity contribution in [3.8, 4) is 23.2 Å². The lowest BCUT2D eigenvalue weighted by atomic mass is 10.0. The number of methoxy groups -OCH3 is 1. The number of ether oxygens (including phenoxy) is 1. The van der Waals surface area contributed by atoms with E-state index in [0.717, 1.165) is 29.9 Å². The molecule has 130 valence electrons. The van der Waals surface area contributed by atoms with E-state index in [1.807, 2.05) is 0 Å². The number of hydrogen-bond acceptors (Lipinski definition) is 5. The highest BCUT2D eigenvalue weighted by Crippen LogP contribution is 2.39. The molecule has 24 heavy (non-hydrogen) atoms. The zero-order chi connectivity index (χ0) is 17.3. The molecule has 1 aliphatic rings. The van der Waals surface area contributed by atoms with E-state index >= 15 is 0 Å². The number of benzene rings is 1. The van der Waals surface area contributed by atoms with Crippen LogP contribution in [0.1, 0.15) is 32.1 Å². The minimum Gasteiger partial charge on any atom is -0.497 e. The van der Waals surface area contributed by atoms with E-state index in [1.165, 1.54) is 7.11 Å². The van der Waals surface area contributed by atoms with Crippen molar-refractivity contribution < 1.29 is 23.4 Å². The van der Waals surface area contributed by atoms with Crippen molar-refractivity contribution in [3.05, 3.63) is 30.3 Å². The molecule has 0 spiro atoms. The maximum Gasteiger partial charge on any atom is 0.217 e. The first-order valence-corrected chi connectivity index (χ1v) is 9.52. The smallest absolute Gasteiger partial charge is 0.217 e. The summed E-state index contributed by atoms with van der Waals surface area (Å²) in [4.78, 5) is -0.206. The molecule has 1 aromatic heterocycles. The van der Waals surface area contributed by atoms with Gasteiger partial charge in [-0.15, -0.1) is 0 Å². The van der Waals surface area contributed by atoms with Crippen molar-refractivity contribution in [2.45, 2.75) is 42.2 Å². The van der Waals surface area contributed by atoms with Crippen LogP contribution >= 0.6 is 0 Å². The first kappa shape index (κ1) is 16.7. The molecule has 7 heteroatoms. The number of hydrogen-bond donors (Lipinski definition) is 2. The monoisotopic (exact) mass is 351 g/mol. The first-order valence-electron chi connectivity index (χ1n) is 7.97. The summed E-state index contributed by atoms with van der Waals surface area (Å²) in [6.07, 6.45) is 3.97. The van der Waals surface area contributed by atoms with Crippen molar-refractivity contribution in [1.29, 1.82) is 0 Å². The molecule has 2 N–H and O–H groups in total. The first-order chi connectivity index (χ1) is 11.4. The zero-order valence-corrected chi connectivity index (χ0v) is 14.3. The van der Waals surface area contributed by atoms with Crippen molar-refractivity contribution in [3.63, 3.8) is 0 Å². The second-order valence-electron chi connectivity index (χ2n) is 6.03. The maximum atomic E-state index is 12.8. The van der Waals surface area contributed by atoms with Crippen LogP contribution < -0.4 is 4.74 Å². The van der Waals surface area contributed by atoms with Gasteiger partial charge in [-0.3, -0.25) is 4.57 Å². The number of rotatable bonds is 4. The molecule has 0 bridgehead atoms. The highest BCUT2D eigenvalue weighted by atomic mass is 32.2. The lowest BCUT2D eigenvalue weighted by Crippen LogP contribution is -2.23. The molecule has 2 aromatic rings. The van der Waals surface area contributed by atoms with Gasteiger partial charge in [0.2, 0.25) is 5.88 Å². The largest absolute Gasteiger partial charge is 0.497 e. The Morgan fingerprint density at radius 3 is 2.29 bits per heavy atom. The molecule has 1 fully saturated rings. The van der Waals surface area contributed by atoms with Gasteiger partial charge in [-0.25, -0.2) is 8.42 Å². The molecule has 1 heterocycles. The summed E-state index contributed by atoms with van der Waals surface area (Å²) in [5.41, 5.74) is 0.455. The summed E-state index contributed by atoms with van der Waals surface area (Å²) in [5, 5.41) is 20.1. The molecule has 0 amide bonds. The van der Waals surface area contributed by atoms with Gasteiger partial charge in [0, 0.05) is 6.07 Å². The van der Waals surface area contributed by atoms with Crippen LogP contribution in [-0.2, 0) is 9.84 Å². The van der Waals surface area contributed by atoms with E-state index in [1.54, 1.807) is 24.3 Å². The summed E-state index contributed by atoms with van der Waals surface area (Å²) in [6.45, 7) is 0. The van der Waals surface area contributed by atoms with E-state index < -0.39 is 21.0 Å². The quantitative estimate of drug-likeness (QED) is 0.884. The van der Waals surface area contributed by atoms with Crippen LogP contribution in [-0.4, -0.2) is 35.6 Å². The fraction of sp³-hybridized carbons (Fsp3) is 0.412. The highest BCUT2D eigenvalue weighted by molar-refractivity contribution is 7.92. The lowest BCUT2D eigenvalue weighted by molar-refractivity contribution is 0.396. The fourth-order valence-corrected chi connectivity index (χ4v) is 5.14. The lowest BCUT2D eigenvalue weighted by Gasteiger charge is -2.21. The molecule has 6 nitrogen and oxygen atoms in total. The number of aromatic hydroxyl groups is 2. The molecule has 1 aromatic carbocycles. The summed E-state index contributed by atoms with van der Waals surface area (Å²) in [5.74, 6) is -0.143. The Bertz CT molecular complexity index is 817. The summed E-state index contributed by atoms with van der Waals surface area (Å²) in [7, 11) is -2.13. The van der Waals surface area contributed by atoms with Crippen LogP contribution in [0.3, 0.4) is 0 Å². The molecular formula is C17H21NO5S. The molecule has 1 saturated carbocycles. The third-order valence-corrected chi connectivity index (χ3v) is 6.81. The Kier molecular flexibility index (Phi) is 4.45. The van der Waals surface area contributed by atoms with Crippen molar-refractivity contribution in [2.75, 3.05) is 7.11 Å². The summed E-state index contributed by atoms with van der Waals surface area (Å²) >= 11 is 0. The van der Waals surface area contributed by atoms with Gasteiger partial charge in [0.25, 0.3) is 0 Å². The number of sulfone groups is 1. The van der Waals surface area contributed by atoms with Crippen LogP contribution in [0.25, 0.3) is 5.69 Å². The predicted molar refractivity (Wildman–Crippen MR) is 89.7 cm³/mol. The van der Waals surface area contributed by atoms with Crippen LogP contribution in [0.5, 0.6) is 17.5 Å². The molecule has 3 rings (SSSR count). The van der Waals surface area contributed by atoms with Crippen LogP contribution in [0, 0.1) is 0 Å². The minimum absolute atomic E-state index is 0.206. The third-order valence-electron chi connectivity index (χ3n) is 4.55. The second-order valence-corrected chi connectivity index (χ2v) is 8.23.